The normalized spacial score (nSPS) is 10.3. The molecule has 2 nitrogen and oxygen atoms in total. The van der Waals surface area contributed by atoms with Crippen molar-refractivity contribution < 1.29 is 18.0 Å². The van der Waals surface area contributed by atoms with Crippen molar-refractivity contribution in [1.29, 1.82) is 0 Å². The highest BCUT2D eigenvalue weighted by Gasteiger charge is 2.12. The molecule has 2 aromatic carbocycles. The Morgan fingerprint density at radius 2 is 1.68 bits per heavy atom. The molecule has 2 aromatic rings. The molecule has 98 valence electrons. The highest BCUT2D eigenvalue weighted by molar-refractivity contribution is 9.10. The van der Waals surface area contributed by atoms with E-state index in [1.807, 2.05) is 0 Å². The molecular formula is C13H7BrF3NO. The lowest BCUT2D eigenvalue weighted by molar-refractivity contribution is 0.102. The fraction of sp³-hybridized carbons (Fsp3) is 0. The van der Waals surface area contributed by atoms with Crippen LogP contribution >= 0.6 is 15.9 Å². The van der Waals surface area contributed by atoms with E-state index in [9.17, 15) is 18.0 Å². The van der Waals surface area contributed by atoms with Crippen molar-refractivity contribution in [2.45, 2.75) is 0 Å². The van der Waals surface area contributed by atoms with E-state index in [2.05, 4.69) is 21.2 Å². The second kappa shape index (κ2) is 5.44. The average Bonchev–Trinajstić information content (AvgIpc) is 2.36. The summed E-state index contributed by atoms with van der Waals surface area (Å²) in [6.07, 6.45) is 0. The summed E-state index contributed by atoms with van der Waals surface area (Å²) >= 11 is 3.08. The van der Waals surface area contributed by atoms with Crippen molar-refractivity contribution >= 4 is 27.5 Å². The Kier molecular flexibility index (Phi) is 3.90. The topological polar surface area (TPSA) is 29.1 Å². The van der Waals surface area contributed by atoms with Gasteiger partial charge in [-0.25, -0.2) is 13.2 Å². The molecule has 0 aromatic heterocycles. The number of carbonyl (C=O) groups is 1. The zero-order chi connectivity index (χ0) is 14.0. The summed E-state index contributed by atoms with van der Waals surface area (Å²) in [4.78, 5) is 11.7. The van der Waals surface area contributed by atoms with E-state index in [-0.39, 0.29) is 11.3 Å². The van der Waals surface area contributed by atoms with Gasteiger partial charge < -0.3 is 5.32 Å². The zero-order valence-electron chi connectivity index (χ0n) is 9.38. The van der Waals surface area contributed by atoms with Crippen molar-refractivity contribution in [3.8, 4) is 0 Å². The lowest BCUT2D eigenvalue weighted by Crippen LogP contribution is -2.13. The Morgan fingerprint density at radius 1 is 0.947 bits per heavy atom. The summed E-state index contributed by atoms with van der Waals surface area (Å²) in [5, 5.41) is 2.28. The summed E-state index contributed by atoms with van der Waals surface area (Å²) in [5.41, 5.74) is -0.140. The summed E-state index contributed by atoms with van der Waals surface area (Å²) in [7, 11) is 0. The van der Waals surface area contributed by atoms with Crippen LogP contribution in [0.3, 0.4) is 0 Å². The summed E-state index contributed by atoms with van der Waals surface area (Å²) in [5.74, 6) is -3.54. The molecular weight excluding hydrogens is 323 g/mol. The standard InChI is InChI=1S/C13H7BrF3NO/c14-8-2-4-12(11(17)6-8)18-13(19)7-1-3-9(15)10(16)5-7/h1-6H,(H,18,19). The molecule has 6 heteroatoms. The van der Waals surface area contributed by atoms with Gasteiger partial charge in [-0.1, -0.05) is 15.9 Å². The van der Waals surface area contributed by atoms with Crippen LogP contribution in [0.2, 0.25) is 0 Å². The molecule has 0 aliphatic rings. The van der Waals surface area contributed by atoms with Gasteiger partial charge in [-0.05, 0) is 36.4 Å². The Morgan fingerprint density at radius 3 is 2.32 bits per heavy atom. The molecule has 0 heterocycles. The SMILES string of the molecule is O=C(Nc1ccc(Br)cc1F)c1ccc(F)c(F)c1. The minimum atomic E-state index is -1.14. The number of hydrogen-bond donors (Lipinski definition) is 1. The Labute approximate surface area is 115 Å². The highest BCUT2D eigenvalue weighted by atomic mass is 79.9. The van der Waals surface area contributed by atoms with Gasteiger partial charge in [0.05, 0.1) is 5.69 Å². The van der Waals surface area contributed by atoms with E-state index in [0.717, 1.165) is 18.2 Å². The van der Waals surface area contributed by atoms with E-state index in [1.165, 1.54) is 12.1 Å². The first-order chi connectivity index (χ1) is 8.97. The van der Waals surface area contributed by atoms with Crippen LogP contribution in [-0.2, 0) is 0 Å². The Bertz CT molecular complexity index is 646. The highest BCUT2D eigenvalue weighted by Crippen LogP contribution is 2.20. The largest absolute Gasteiger partial charge is 0.319 e. The fourth-order valence-corrected chi connectivity index (χ4v) is 1.76. The fourth-order valence-electron chi connectivity index (χ4n) is 1.42. The van der Waals surface area contributed by atoms with Crippen LogP contribution in [0.5, 0.6) is 0 Å². The van der Waals surface area contributed by atoms with Gasteiger partial charge in [0.2, 0.25) is 0 Å². The van der Waals surface area contributed by atoms with E-state index >= 15 is 0 Å². The number of rotatable bonds is 2. The maximum atomic E-state index is 13.5. The Hall–Kier alpha value is -1.82. The molecule has 0 fully saturated rings. The van der Waals surface area contributed by atoms with Gasteiger partial charge in [0.25, 0.3) is 5.91 Å². The quantitative estimate of drug-likeness (QED) is 0.882. The van der Waals surface area contributed by atoms with E-state index in [0.29, 0.717) is 4.47 Å². The van der Waals surface area contributed by atoms with Crippen LogP contribution in [0.25, 0.3) is 0 Å². The lowest BCUT2D eigenvalue weighted by Gasteiger charge is -2.07. The smallest absolute Gasteiger partial charge is 0.255 e. The first kappa shape index (κ1) is 13.6. The summed E-state index contributed by atoms with van der Waals surface area (Å²) in [6, 6.07) is 6.79. The first-order valence-electron chi connectivity index (χ1n) is 5.19. The minimum absolute atomic E-state index is 0.0436. The molecule has 0 saturated carbocycles. The van der Waals surface area contributed by atoms with Crippen LogP contribution < -0.4 is 5.32 Å². The van der Waals surface area contributed by atoms with Crippen LogP contribution in [0.15, 0.2) is 40.9 Å². The molecule has 0 unspecified atom stereocenters. The number of amides is 1. The predicted molar refractivity (Wildman–Crippen MR) is 68.4 cm³/mol. The Balaban J connectivity index is 2.23. The van der Waals surface area contributed by atoms with Crippen LogP contribution in [-0.4, -0.2) is 5.91 Å². The van der Waals surface area contributed by atoms with Gasteiger partial charge in [0.15, 0.2) is 11.6 Å². The van der Waals surface area contributed by atoms with Gasteiger partial charge in [0.1, 0.15) is 5.82 Å². The summed E-state index contributed by atoms with van der Waals surface area (Å²) < 4.78 is 39.7. The average molecular weight is 330 g/mol. The zero-order valence-corrected chi connectivity index (χ0v) is 11.0. The van der Waals surface area contributed by atoms with Crippen LogP contribution in [0, 0.1) is 17.5 Å². The van der Waals surface area contributed by atoms with Crippen molar-refractivity contribution in [2.75, 3.05) is 5.32 Å². The first-order valence-corrected chi connectivity index (χ1v) is 5.98. The minimum Gasteiger partial charge on any atom is -0.319 e. The number of hydrogen-bond acceptors (Lipinski definition) is 1. The van der Waals surface area contributed by atoms with E-state index in [4.69, 9.17) is 0 Å². The second-order valence-corrected chi connectivity index (χ2v) is 4.62. The molecule has 0 aliphatic heterocycles. The monoisotopic (exact) mass is 329 g/mol. The van der Waals surface area contributed by atoms with Crippen molar-refractivity contribution in [3.05, 3.63) is 63.9 Å². The number of nitrogens with one attached hydrogen (secondary N) is 1. The van der Waals surface area contributed by atoms with Crippen molar-refractivity contribution in [2.24, 2.45) is 0 Å². The molecule has 0 bridgehead atoms. The molecule has 1 N–H and O–H groups in total. The molecule has 0 spiro atoms. The third-order valence-corrected chi connectivity index (χ3v) is 2.85. The molecule has 0 radical (unpaired) electrons. The third kappa shape index (κ3) is 3.14. The van der Waals surface area contributed by atoms with E-state index < -0.39 is 23.4 Å². The number of anilines is 1. The lowest BCUT2D eigenvalue weighted by atomic mass is 10.2. The van der Waals surface area contributed by atoms with Gasteiger partial charge in [-0.15, -0.1) is 0 Å². The molecule has 0 saturated heterocycles. The van der Waals surface area contributed by atoms with Crippen molar-refractivity contribution in [3.63, 3.8) is 0 Å². The number of benzene rings is 2. The molecule has 1 amide bonds. The number of halogens is 4. The summed E-state index contributed by atoms with van der Waals surface area (Å²) in [6.45, 7) is 0. The second-order valence-electron chi connectivity index (χ2n) is 3.71. The predicted octanol–water partition coefficient (Wildman–Crippen LogP) is 4.12. The van der Waals surface area contributed by atoms with Crippen molar-refractivity contribution in [1.82, 2.24) is 0 Å². The van der Waals surface area contributed by atoms with Crippen LogP contribution in [0.1, 0.15) is 10.4 Å². The maximum absolute atomic E-state index is 13.5. The molecule has 0 aliphatic carbocycles. The number of carbonyl (C=O) groups excluding carboxylic acids is 1. The third-order valence-electron chi connectivity index (χ3n) is 2.36. The van der Waals surface area contributed by atoms with Crippen LogP contribution in [0.4, 0.5) is 18.9 Å². The van der Waals surface area contributed by atoms with E-state index in [1.54, 1.807) is 6.07 Å². The maximum Gasteiger partial charge on any atom is 0.255 e. The molecule has 2 rings (SSSR count). The van der Waals surface area contributed by atoms with Gasteiger partial charge in [-0.3, -0.25) is 4.79 Å². The van der Waals surface area contributed by atoms with Gasteiger partial charge in [0, 0.05) is 10.0 Å². The molecule has 19 heavy (non-hydrogen) atoms. The van der Waals surface area contributed by atoms with Gasteiger partial charge in [-0.2, -0.15) is 0 Å². The molecule has 0 atom stereocenters. The van der Waals surface area contributed by atoms with Gasteiger partial charge >= 0.3 is 0 Å².